The molecule has 0 spiro atoms. The minimum absolute atomic E-state index is 0.0171. The lowest BCUT2D eigenvalue weighted by Crippen LogP contribution is -2.14. The molecular weight excluding hydrogens is 447 g/mol. The van der Waals surface area contributed by atoms with Gasteiger partial charge in [0.15, 0.2) is 5.78 Å². The Morgan fingerprint density at radius 3 is 2.71 bits per heavy atom. The van der Waals surface area contributed by atoms with Crippen LogP contribution in [0.15, 0.2) is 36.5 Å². The van der Waals surface area contributed by atoms with Gasteiger partial charge in [0, 0.05) is 18.7 Å². The molecule has 0 aliphatic heterocycles. The summed E-state index contributed by atoms with van der Waals surface area (Å²) in [6.45, 7) is 0.394. The molecular formula is C20H20ClFN4O4S. The molecule has 0 fully saturated rings. The van der Waals surface area contributed by atoms with Crippen LogP contribution in [0.25, 0.3) is 11.0 Å². The Morgan fingerprint density at radius 2 is 1.97 bits per heavy atom. The van der Waals surface area contributed by atoms with Crippen LogP contribution in [-0.2, 0) is 17.3 Å². The van der Waals surface area contributed by atoms with Gasteiger partial charge in [-0.25, -0.2) is 22.5 Å². The number of nitrogens with zero attached hydrogens (tertiary/aromatic N) is 2. The van der Waals surface area contributed by atoms with E-state index in [1.54, 1.807) is 6.07 Å². The van der Waals surface area contributed by atoms with Gasteiger partial charge in [-0.1, -0.05) is 17.7 Å². The van der Waals surface area contributed by atoms with E-state index in [-0.39, 0.29) is 41.3 Å². The molecule has 2 aromatic carbocycles. The molecule has 0 aliphatic carbocycles. The predicted octanol–water partition coefficient (Wildman–Crippen LogP) is 2.11. The molecule has 31 heavy (non-hydrogen) atoms. The molecule has 0 saturated heterocycles. The summed E-state index contributed by atoms with van der Waals surface area (Å²) < 4.78 is 38.4. The summed E-state index contributed by atoms with van der Waals surface area (Å²) in [6, 6.07) is 7.57. The van der Waals surface area contributed by atoms with E-state index >= 15 is 4.39 Å². The molecule has 8 nitrogen and oxygen atoms in total. The predicted molar refractivity (Wildman–Crippen MR) is 117 cm³/mol. The normalized spacial score (nSPS) is 11.2. The van der Waals surface area contributed by atoms with Crippen molar-refractivity contribution >= 4 is 45.1 Å². The molecule has 0 radical (unpaired) electrons. The molecule has 11 heteroatoms. The molecule has 1 aromatic heterocycles. The number of rotatable bonds is 10. The third-order valence-electron chi connectivity index (χ3n) is 4.48. The molecule has 1 heterocycles. The molecule has 0 unspecified atom stereocenters. The number of ketones is 1. The number of benzene rings is 2. The number of nitrogens with one attached hydrogen (secondary N) is 2. The maximum absolute atomic E-state index is 15.1. The van der Waals surface area contributed by atoms with Crippen molar-refractivity contribution in [3.8, 4) is 0 Å². The summed E-state index contributed by atoms with van der Waals surface area (Å²) in [7, 11) is -2.71. The van der Waals surface area contributed by atoms with Gasteiger partial charge in [-0.05, 0) is 42.7 Å². The van der Waals surface area contributed by atoms with E-state index in [0.29, 0.717) is 29.8 Å². The Kier molecular flexibility index (Phi) is 7.85. The zero-order valence-corrected chi connectivity index (χ0v) is 17.9. The van der Waals surface area contributed by atoms with Gasteiger partial charge in [0.2, 0.25) is 10.9 Å². The standard InChI is InChI=1S/C20H20ClFN4O4S/c21-14-5-3-12(2-1-7-25-31(29)30)19(22)18(14)20(28)13-4-6-15-16(10-13)26-17(11-24-15)23-8-9-27/h3-6,10-11,27,31H,1-2,7-9H2,(H,23,26)(H,25,29,30). The number of fused-ring (bicyclic) bond motifs is 1. The number of halogens is 2. The van der Waals surface area contributed by atoms with E-state index in [1.807, 2.05) is 0 Å². The highest BCUT2D eigenvalue weighted by molar-refractivity contribution is 7.70. The molecule has 3 aromatic rings. The number of hydrogen-bond donors (Lipinski definition) is 4. The molecule has 3 N–H and O–H groups in total. The van der Waals surface area contributed by atoms with Crippen LogP contribution < -0.4 is 10.0 Å². The van der Waals surface area contributed by atoms with Crippen LogP contribution in [0.2, 0.25) is 5.02 Å². The van der Waals surface area contributed by atoms with Crippen molar-refractivity contribution in [2.75, 3.05) is 25.0 Å². The van der Waals surface area contributed by atoms with Gasteiger partial charge in [0.05, 0.1) is 34.4 Å². The van der Waals surface area contributed by atoms with Gasteiger partial charge in [0.1, 0.15) is 11.6 Å². The number of aryl methyl sites for hydroxylation is 1. The second kappa shape index (κ2) is 10.6. The van der Waals surface area contributed by atoms with Crippen LogP contribution in [0.4, 0.5) is 10.2 Å². The average Bonchev–Trinajstić information content (AvgIpc) is 2.75. The first-order chi connectivity index (χ1) is 14.9. The smallest absolute Gasteiger partial charge is 0.201 e. The lowest BCUT2D eigenvalue weighted by molar-refractivity contribution is 0.103. The highest BCUT2D eigenvalue weighted by Crippen LogP contribution is 2.27. The SMILES string of the molecule is O=C(c1ccc2ncc(NCCO)nc2c1)c1c(Cl)ccc(CCCN[SH](=O)=O)c1F. The second-order valence-corrected chi connectivity index (χ2v) is 7.84. The van der Waals surface area contributed by atoms with Crippen molar-refractivity contribution < 1.29 is 22.7 Å². The zero-order valence-electron chi connectivity index (χ0n) is 16.3. The summed E-state index contributed by atoms with van der Waals surface area (Å²) in [5.74, 6) is -0.887. The van der Waals surface area contributed by atoms with Crippen molar-refractivity contribution in [3.63, 3.8) is 0 Å². The first-order valence-corrected chi connectivity index (χ1v) is 11.0. The fraction of sp³-hybridized carbons (Fsp3) is 0.250. The number of aromatic nitrogens is 2. The Balaban J connectivity index is 1.88. The maximum Gasteiger partial charge on any atom is 0.201 e. The van der Waals surface area contributed by atoms with E-state index < -0.39 is 22.5 Å². The van der Waals surface area contributed by atoms with Crippen LogP contribution in [-0.4, -0.2) is 49.0 Å². The van der Waals surface area contributed by atoms with E-state index in [2.05, 4.69) is 20.0 Å². The highest BCUT2D eigenvalue weighted by Gasteiger charge is 2.21. The van der Waals surface area contributed by atoms with Gasteiger partial charge >= 0.3 is 0 Å². The van der Waals surface area contributed by atoms with Gasteiger partial charge in [-0.3, -0.25) is 9.78 Å². The van der Waals surface area contributed by atoms with Crippen LogP contribution >= 0.6 is 11.6 Å². The molecule has 3 rings (SSSR count). The minimum Gasteiger partial charge on any atom is -0.395 e. The number of thiol groups is 1. The summed E-state index contributed by atoms with van der Waals surface area (Å²) in [4.78, 5) is 21.6. The average molecular weight is 467 g/mol. The summed E-state index contributed by atoms with van der Waals surface area (Å²) in [5.41, 5.74) is 1.20. The van der Waals surface area contributed by atoms with Crippen LogP contribution in [0.1, 0.15) is 27.9 Å². The number of aliphatic hydroxyl groups excluding tert-OH is 1. The van der Waals surface area contributed by atoms with Gasteiger partial charge in [-0.15, -0.1) is 0 Å². The Morgan fingerprint density at radius 1 is 1.16 bits per heavy atom. The molecule has 0 amide bonds. The maximum atomic E-state index is 15.1. The van der Waals surface area contributed by atoms with Crippen LogP contribution in [0.3, 0.4) is 0 Å². The van der Waals surface area contributed by atoms with Crippen molar-refractivity contribution in [2.45, 2.75) is 12.8 Å². The molecule has 164 valence electrons. The lowest BCUT2D eigenvalue weighted by Gasteiger charge is -2.11. The van der Waals surface area contributed by atoms with E-state index in [9.17, 15) is 13.2 Å². The molecule has 0 bridgehead atoms. The largest absolute Gasteiger partial charge is 0.395 e. The molecule has 0 saturated carbocycles. The zero-order chi connectivity index (χ0) is 22.4. The van der Waals surface area contributed by atoms with Crippen LogP contribution in [0, 0.1) is 5.82 Å². The van der Waals surface area contributed by atoms with Crippen molar-refractivity contribution in [1.29, 1.82) is 0 Å². The lowest BCUT2D eigenvalue weighted by atomic mass is 9.98. The minimum atomic E-state index is -2.71. The van der Waals surface area contributed by atoms with Gasteiger partial charge in [0.25, 0.3) is 0 Å². The monoisotopic (exact) mass is 466 g/mol. The van der Waals surface area contributed by atoms with Gasteiger partial charge in [-0.2, -0.15) is 0 Å². The summed E-state index contributed by atoms with van der Waals surface area (Å²) in [5, 5.41) is 11.8. The first-order valence-electron chi connectivity index (χ1n) is 9.41. The first kappa shape index (κ1) is 23.0. The van der Waals surface area contributed by atoms with Crippen LogP contribution in [0.5, 0.6) is 0 Å². The van der Waals surface area contributed by atoms with Crippen molar-refractivity contribution in [3.05, 3.63) is 64.1 Å². The van der Waals surface area contributed by atoms with E-state index in [0.717, 1.165) is 0 Å². The molecule has 0 atom stereocenters. The second-order valence-electron chi connectivity index (χ2n) is 6.60. The van der Waals surface area contributed by atoms with E-state index in [1.165, 1.54) is 30.5 Å². The topological polar surface area (TPSA) is 121 Å². The Labute approximate surface area is 184 Å². The fourth-order valence-electron chi connectivity index (χ4n) is 3.01. The third-order valence-corrected chi connectivity index (χ3v) is 5.28. The number of aliphatic hydroxyl groups is 1. The Bertz CT molecular complexity index is 1180. The van der Waals surface area contributed by atoms with E-state index in [4.69, 9.17) is 16.7 Å². The quantitative estimate of drug-likeness (QED) is 0.205. The number of anilines is 1. The van der Waals surface area contributed by atoms with Crippen molar-refractivity contribution in [2.24, 2.45) is 0 Å². The third kappa shape index (κ3) is 5.73. The highest BCUT2D eigenvalue weighted by atomic mass is 35.5. The van der Waals surface area contributed by atoms with Gasteiger partial charge < -0.3 is 10.4 Å². The number of carbonyl (C=O) groups is 1. The van der Waals surface area contributed by atoms with Crippen molar-refractivity contribution in [1.82, 2.24) is 14.7 Å². The Hall–Kier alpha value is -2.66. The number of carbonyl (C=O) groups excluding carboxylic acids is 1. The number of hydrogen-bond acceptors (Lipinski definition) is 7. The molecule has 0 aliphatic rings. The summed E-state index contributed by atoms with van der Waals surface area (Å²) >= 11 is 6.13. The fourth-order valence-corrected chi connectivity index (χ4v) is 3.58. The summed E-state index contributed by atoms with van der Waals surface area (Å²) in [6.07, 6.45) is 2.12.